The van der Waals surface area contributed by atoms with Gasteiger partial charge < -0.3 is 15.4 Å². The summed E-state index contributed by atoms with van der Waals surface area (Å²) in [5.74, 6) is -0.322. The Bertz CT molecular complexity index is 686. The van der Waals surface area contributed by atoms with Crippen LogP contribution in [0.3, 0.4) is 0 Å². The average molecular weight is 356 g/mol. The molecule has 2 rings (SSSR count). The molecule has 1 aliphatic carbocycles. The minimum Gasteiger partial charge on any atom is -0.444 e. The van der Waals surface area contributed by atoms with Crippen LogP contribution in [0, 0.1) is 0 Å². The predicted molar refractivity (Wildman–Crippen MR) is 103 cm³/mol. The van der Waals surface area contributed by atoms with E-state index >= 15 is 0 Å². The number of nitrogens with one attached hydrogen (secondary N) is 2. The van der Waals surface area contributed by atoms with E-state index in [-0.39, 0.29) is 17.9 Å². The fraction of sp³-hybridized carbons (Fsp3) is 0.600. The molecule has 1 aromatic carbocycles. The molecule has 140 valence electrons. The van der Waals surface area contributed by atoms with Gasteiger partial charge in [0.1, 0.15) is 13.4 Å². The summed E-state index contributed by atoms with van der Waals surface area (Å²) in [4.78, 5) is 24.2. The van der Waals surface area contributed by atoms with Crippen LogP contribution in [0.5, 0.6) is 0 Å². The zero-order chi connectivity index (χ0) is 19.6. The van der Waals surface area contributed by atoms with Gasteiger partial charge in [-0.15, -0.1) is 0 Å². The SMILES string of the molecule is [B]C1(NC(=O)CNC(=O)OC(C)(C)C)CCc2ccccc2C1(C)CC. The quantitative estimate of drug-likeness (QED) is 0.816. The third-order valence-electron chi connectivity index (χ3n) is 5.25. The van der Waals surface area contributed by atoms with Crippen LogP contribution in [0.1, 0.15) is 58.6 Å². The Morgan fingerprint density at radius 3 is 2.54 bits per heavy atom. The molecule has 2 radical (unpaired) electrons. The lowest BCUT2D eigenvalue weighted by Crippen LogP contribution is -2.64. The Hall–Kier alpha value is -1.98. The highest BCUT2D eigenvalue weighted by atomic mass is 16.6. The summed E-state index contributed by atoms with van der Waals surface area (Å²) in [7, 11) is 6.70. The molecule has 26 heavy (non-hydrogen) atoms. The third kappa shape index (κ3) is 4.22. The fourth-order valence-corrected chi connectivity index (χ4v) is 3.59. The molecule has 0 aliphatic heterocycles. The summed E-state index contributed by atoms with van der Waals surface area (Å²) in [6, 6.07) is 8.24. The van der Waals surface area contributed by atoms with E-state index in [2.05, 4.69) is 36.6 Å². The molecule has 2 N–H and O–H groups in total. The van der Waals surface area contributed by atoms with Crippen molar-refractivity contribution in [3.05, 3.63) is 35.4 Å². The number of ether oxygens (including phenoxy) is 1. The second-order valence-corrected chi connectivity index (χ2v) is 8.22. The Balaban J connectivity index is 2.08. The first kappa shape index (κ1) is 20.3. The maximum Gasteiger partial charge on any atom is 0.408 e. The van der Waals surface area contributed by atoms with Gasteiger partial charge in [-0.25, -0.2) is 4.79 Å². The molecular formula is C20H29BN2O3. The molecule has 0 bridgehead atoms. The van der Waals surface area contributed by atoms with Crippen molar-refractivity contribution in [2.24, 2.45) is 0 Å². The van der Waals surface area contributed by atoms with E-state index in [1.54, 1.807) is 20.8 Å². The topological polar surface area (TPSA) is 67.4 Å². The third-order valence-corrected chi connectivity index (χ3v) is 5.25. The largest absolute Gasteiger partial charge is 0.444 e. The van der Waals surface area contributed by atoms with Crippen molar-refractivity contribution in [3.63, 3.8) is 0 Å². The highest BCUT2D eigenvalue weighted by molar-refractivity contribution is 6.18. The minimum atomic E-state index is -0.872. The van der Waals surface area contributed by atoms with Crippen molar-refractivity contribution < 1.29 is 14.3 Å². The monoisotopic (exact) mass is 356 g/mol. The van der Waals surface area contributed by atoms with Crippen LogP contribution in [-0.4, -0.2) is 37.4 Å². The lowest BCUT2D eigenvalue weighted by molar-refractivity contribution is -0.122. The lowest BCUT2D eigenvalue weighted by Gasteiger charge is -2.52. The van der Waals surface area contributed by atoms with Crippen LogP contribution in [0.4, 0.5) is 4.79 Å². The van der Waals surface area contributed by atoms with Crippen molar-refractivity contribution in [1.29, 1.82) is 0 Å². The van der Waals surface area contributed by atoms with Gasteiger partial charge in [0.2, 0.25) is 5.91 Å². The molecule has 1 aromatic rings. The lowest BCUT2D eigenvalue weighted by atomic mass is 9.50. The van der Waals surface area contributed by atoms with E-state index in [4.69, 9.17) is 12.6 Å². The molecule has 0 heterocycles. The molecule has 0 fully saturated rings. The summed E-state index contributed by atoms with van der Waals surface area (Å²) >= 11 is 0. The zero-order valence-electron chi connectivity index (χ0n) is 16.4. The number of benzene rings is 1. The molecule has 6 heteroatoms. The van der Waals surface area contributed by atoms with E-state index in [9.17, 15) is 9.59 Å². The Morgan fingerprint density at radius 2 is 1.92 bits per heavy atom. The summed E-state index contributed by atoms with van der Waals surface area (Å²) in [5.41, 5.74) is 0.589. The van der Waals surface area contributed by atoms with Gasteiger partial charge in [-0.3, -0.25) is 4.79 Å². The van der Waals surface area contributed by atoms with Crippen molar-refractivity contribution in [1.82, 2.24) is 10.6 Å². The first-order chi connectivity index (χ1) is 12.0. The van der Waals surface area contributed by atoms with Crippen molar-refractivity contribution in [3.8, 4) is 0 Å². The van der Waals surface area contributed by atoms with Crippen LogP contribution < -0.4 is 10.6 Å². The zero-order valence-corrected chi connectivity index (χ0v) is 16.4. The normalized spacial score (nSPS) is 25.1. The number of hydrogen-bond acceptors (Lipinski definition) is 3. The second-order valence-electron chi connectivity index (χ2n) is 8.22. The number of fused-ring (bicyclic) bond motifs is 1. The van der Waals surface area contributed by atoms with E-state index in [1.165, 1.54) is 11.1 Å². The summed E-state index contributed by atoms with van der Waals surface area (Å²) in [6.45, 7) is 9.31. The summed E-state index contributed by atoms with van der Waals surface area (Å²) in [6.07, 6.45) is 1.63. The van der Waals surface area contributed by atoms with Crippen molar-refractivity contribution in [2.45, 2.75) is 70.3 Å². The second kappa shape index (κ2) is 7.33. The Labute approximate surface area is 157 Å². The number of carbonyl (C=O) groups excluding carboxylic acids is 2. The number of amides is 2. The molecule has 0 aromatic heterocycles. The van der Waals surface area contributed by atoms with Crippen molar-refractivity contribution in [2.75, 3.05) is 6.54 Å². The number of hydrogen-bond donors (Lipinski definition) is 2. The van der Waals surface area contributed by atoms with Gasteiger partial charge >= 0.3 is 6.09 Å². The molecule has 2 unspecified atom stereocenters. The van der Waals surface area contributed by atoms with E-state index in [1.807, 2.05) is 12.1 Å². The van der Waals surface area contributed by atoms with Crippen LogP contribution in [-0.2, 0) is 21.4 Å². The van der Waals surface area contributed by atoms with Gasteiger partial charge in [0, 0.05) is 10.9 Å². The van der Waals surface area contributed by atoms with Gasteiger partial charge in [-0.05, 0) is 51.2 Å². The average Bonchev–Trinajstić information content (AvgIpc) is 2.55. The standard InChI is InChI=1S/C20H29BN2O3/c1-6-19(5)15-10-8-7-9-14(15)11-12-20(19,21)23-16(24)13-22-17(25)26-18(2,3)4/h7-10H,6,11-13H2,1-5H3,(H,22,25)(H,23,24). The minimum absolute atomic E-state index is 0.171. The van der Waals surface area contributed by atoms with Crippen LogP contribution in [0.15, 0.2) is 24.3 Å². The van der Waals surface area contributed by atoms with Crippen molar-refractivity contribution >= 4 is 19.8 Å². The molecular weight excluding hydrogens is 327 g/mol. The molecule has 0 spiro atoms. The maximum atomic E-state index is 12.4. The van der Waals surface area contributed by atoms with E-state index in [0.29, 0.717) is 6.42 Å². The summed E-state index contributed by atoms with van der Waals surface area (Å²) in [5, 5.41) is 5.45. The molecule has 0 saturated carbocycles. The van der Waals surface area contributed by atoms with Crippen LogP contribution in [0.25, 0.3) is 0 Å². The highest BCUT2D eigenvalue weighted by Crippen LogP contribution is 2.44. The molecule has 2 atom stereocenters. The van der Waals surface area contributed by atoms with Gasteiger partial charge in [0.15, 0.2) is 0 Å². The number of alkyl carbamates (subject to hydrolysis) is 1. The first-order valence-electron chi connectivity index (χ1n) is 9.16. The molecule has 2 amide bonds. The number of rotatable bonds is 4. The van der Waals surface area contributed by atoms with Crippen LogP contribution >= 0.6 is 0 Å². The maximum absolute atomic E-state index is 12.4. The predicted octanol–water partition coefficient (Wildman–Crippen LogP) is 2.81. The van der Waals surface area contributed by atoms with Crippen LogP contribution in [0.2, 0.25) is 0 Å². The van der Waals surface area contributed by atoms with Gasteiger partial charge in [0.05, 0.1) is 6.54 Å². The molecule has 0 saturated heterocycles. The fourth-order valence-electron chi connectivity index (χ4n) is 3.59. The summed E-state index contributed by atoms with van der Waals surface area (Å²) < 4.78 is 5.15. The highest BCUT2D eigenvalue weighted by Gasteiger charge is 2.48. The van der Waals surface area contributed by atoms with Gasteiger partial charge in [0.25, 0.3) is 0 Å². The van der Waals surface area contributed by atoms with E-state index < -0.39 is 17.1 Å². The van der Waals surface area contributed by atoms with Gasteiger partial charge in [-0.1, -0.05) is 38.1 Å². The number of aryl methyl sites for hydroxylation is 1. The van der Waals surface area contributed by atoms with Gasteiger partial charge in [-0.2, -0.15) is 0 Å². The smallest absolute Gasteiger partial charge is 0.408 e. The first-order valence-corrected chi connectivity index (χ1v) is 9.16. The Kier molecular flexibility index (Phi) is 5.74. The molecule has 5 nitrogen and oxygen atoms in total. The Morgan fingerprint density at radius 1 is 1.27 bits per heavy atom. The number of carbonyl (C=O) groups is 2. The molecule has 1 aliphatic rings. The van der Waals surface area contributed by atoms with E-state index in [0.717, 1.165) is 12.8 Å².